The first-order valence-electron chi connectivity index (χ1n) is 6.20. The molecule has 16 heavy (non-hydrogen) atoms. The molecule has 0 aromatic rings. The van der Waals surface area contributed by atoms with Crippen LogP contribution in [0.2, 0.25) is 0 Å². The van der Waals surface area contributed by atoms with E-state index < -0.39 is 0 Å². The third kappa shape index (κ3) is 4.76. The average Bonchev–Trinajstić information content (AvgIpc) is 2.72. The largest absolute Gasteiger partial charge is 0.313 e. The van der Waals surface area contributed by atoms with Crippen LogP contribution in [-0.2, 0) is 0 Å². The molecule has 0 spiro atoms. The Morgan fingerprint density at radius 2 is 2.19 bits per heavy atom. The highest BCUT2D eigenvalue weighted by Crippen LogP contribution is 2.29. The lowest BCUT2D eigenvalue weighted by Crippen LogP contribution is -2.35. The second-order valence-electron chi connectivity index (χ2n) is 5.57. The molecule has 3 heteroatoms. The van der Waals surface area contributed by atoms with Crippen molar-refractivity contribution >= 4 is 11.8 Å². The van der Waals surface area contributed by atoms with E-state index in [1.54, 1.807) is 0 Å². The molecule has 1 N–H and O–H groups in total. The van der Waals surface area contributed by atoms with Crippen molar-refractivity contribution < 1.29 is 0 Å². The molecule has 1 aliphatic rings. The number of nitrogens with zero attached hydrogens (tertiary/aromatic N) is 1. The number of rotatable bonds is 6. The van der Waals surface area contributed by atoms with Crippen LogP contribution in [0, 0.1) is 16.7 Å². The monoisotopic (exact) mass is 240 g/mol. The number of hydrogen-bond acceptors (Lipinski definition) is 3. The molecular formula is C13H24N2S. The number of nitriles is 1. The Morgan fingerprint density at radius 1 is 1.44 bits per heavy atom. The summed E-state index contributed by atoms with van der Waals surface area (Å²) in [6.07, 6.45) is 7.87. The molecule has 0 radical (unpaired) electrons. The van der Waals surface area contributed by atoms with Crippen LogP contribution >= 0.6 is 11.8 Å². The van der Waals surface area contributed by atoms with Crippen molar-refractivity contribution in [3.8, 4) is 6.07 Å². The summed E-state index contributed by atoms with van der Waals surface area (Å²) in [4.78, 5) is 0. The SMILES string of the molecule is CSC1CCC(NCC(C)(C)CCC#N)C1. The fraction of sp³-hybridized carbons (Fsp3) is 0.923. The summed E-state index contributed by atoms with van der Waals surface area (Å²) in [5.41, 5.74) is 0.257. The highest BCUT2D eigenvalue weighted by Gasteiger charge is 2.25. The van der Waals surface area contributed by atoms with Gasteiger partial charge in [-0.25, -0.2) is 0 Å². The van der Waals surface area contributed by atoms with Crippen molar-refractivity contribution in [3.05, 3.63) is 0 Å². The molecule has 0 amide bonds. The van der Waals surface area contributed by atoms with Crippen LogP contribution in [-0.4, -0.2) is 24.1 Å². The van der Waals surface area contributed by atoms with Gasteiger partial charge in [-0.2, -0.15) is 17.0 Å². The maximum atomic E-state index is 8.60. The van der Waals surface area contributed by atoms with Crippen LogP contribution in [0.4, 0.5) is 0 Å². The number of nitrogens with one attached hydrogen (secondary N) is 1. The van der Waals surface area contributed by atoms with Crippen LogP contribution in [0.5, 0.6) is 0 Å². The van der Waals surface area contributed by atoms with E-state index in [2.05, 4.69) is 31.5 Å². The molecule has 2 atom stereocenters. The normalized spacial score (nSPS) is 25.6. The Morgan fingerprint density at radius 3 is 2.75 bits per heavy atom. The summed E-state index contributed by atoms with van der Waals surface area (Å²) < 4.78 is 0. The Kier molecular flexibility index (Phi) is 5.64. The Labute approximate surface area is 104 Å². The van der Waals surface area contributed by atoms with E-state index in [9.17, 15) is 0 Å². The topological polar surface area (TPSA) is 35.8 Å². The van der Waals surface area contributed by atoms with Gasteiger partial charge in [-0.1, -0.05) is 13.8 Å². The summed E-state index contributed by atoms with van der Waals surface area (Å²) >= 11 is 2.00. The molecule has 92 valence electrons. The van der Waals surface area contributed by atoms with Crippen LogP contribution in [0.15, 0.2) is 0 Å². The van der Waals surface area contributed by atoms with Gasteiger partial charge in [0.15, 0.2) is 0 Å². The van der Waals surface area contributed by atoms with Crippen molar-refractivity contribution in [1.29, 1.82) is 5.26 Å². The van der Waals surface area contributed by atoms with Gasteiger partial charge in [-0.3, -0.25) is 0 Å². The third-order valence-corrected chi connectivity index (χ3v) is 4.60. The molecule has 0 aliphatic heterocycles. The molecule has 0 heterocycles. The lowest BCUT2D eigenvalue weighted by atomic mass is 9.87. The molecule has 0 saturated heterocycles. The van der Waals surface area contributed by atoms with E-state index in [-0.39, 0.29) is 5.41 Å². The summed E-state index contributed by atoms with van der Waals surface area (Å²) in [6.45, 7) is 5.54. The van der Waals surface area contributed by atoms with Gasteiger partial charge in [0.1, 0.15) is 0 Å². The number of thioether (sulfide) groups is 1. The Balaban J connectivity index is 2.21. The summed E-state index contributed by atoms with van der Waals surface area (Å²) in [7, 11) is 0. The van der Waals surface area contributed by atoms with Gasteiger partial charge >= 0.3 is 0 Å². The predicted molar refractivity (Wildman–Crippen MR) is 71.6 cm³/mol. The van der Waals surface area contributed by atoms with Crippen molar-refractivity contribution in [2.45, 2.75) is 57.2 Å². The molecule has 0 aromatic carbocycles. The molecule has 2 unspecified atom stereocenters. The zero-order valence-electron chi connectivity index (χ0n) is 10.8. The van der Waals surface area contributed by atoms with Gasteiger partial charge in [0.25, 0.3) is 0 Å². The highest BCUT2D eigenvalue weighted by atomic mass is 32.2. The molecule has 2 nitrogen and oxygen atoms in total. The first-order valence-corrected chi connectivity index (χ1v) is 7.49. The standard InChI is InChI=1S/C13H24N2S/c1-13(2,7-4-8-14)10-15-11-5-6-12(9-11)16-3/h11-12,15H,4-7,9-10H2,1-3H3. The maximum absolute atomic E-state index is 8.60. The van der Waals surface area contributed by atoms with E-state index in [1.165, 1.54) is 19.3 Å². The predicted octanol–water partition coefficient (Wildman–Crippen LogP) is 3.19. The first-order chi connectivity index (χ1) is 7.57. The molecular weight excluding hydrogens is 216 g/mol. The molecule has 1 aliphatic carbocycles. The maximum Gasteiger partial charge on any atom is 0.0621 e. The minimum absolute atomic E-state index is 0.257. The molecule has 0 bridgehead atoms. The molecule has 0 aromatic heterocycles. The van der Waals surface area contributed by atoms with Gasteiger partial charge in [-0.15, -0.1) is 0 Å². The van der Waals surface area contributed by atoms with Crippen molar-refractivity contribution in [3.63, 3.8) is 0 Å². The van der Waals surface area contributed by atoms with E-state index in [0.29, 0.717) is 12.5 Å². The van der Waals surface area contributed by atoms with E-state index in [1.807, 2.05) is 11.8 Å². The van der Waals surface area contributed by atoms with Crippen molar-refractivity contribution in [2.75, 3.05) is 12.8 Å². The smallest absolute Gasteiger partial charge is 0.0621 e. The summed E-state index contributed by atoms with van der Waals surface area (Å²) in [5.74, 6) is 0. The average molecular weight is 240 g/mol. The lowest BCUT2D eigenvalue weighted by molar-refractivity contribution is 0.300. The van der Waals surface area contributed by atoms with Gasteiger partial charge in [-0.05, 0) is 37.4 Å². The Bertz CT molecular complexity index is 245. The fourth-order valence-corrected chi connectivity index (χ4v) is 3.04. The second-order valence-corrected chi connectivity index (χ2v) is 6.71. The van der Waals surface area contributed by atoms with Gasteiger partial charge in [0.05, 0.1) is 6.07 Å². The third-order valence-electron chi connectivity index (χ3n) is 3.50. The van der Waals surface area contributed by atoms with E-state index in [0.717, 1.165) is 18.2 Å². The Hall–Kier alpha value is -0.200. The van der Waals surface area contributed by atoms with Crippen LogP contribution < -0.4 is 5.32 Å². The minimum atomic E-state index is 0.257. The fourth-order valence-electron chi connectivity index (χ4n) is 2.24. The molecule has 1 rings (SSSR count). The number of hydrogen-bond donors (Lipinski definition) is 1. The molecule has 1 saturated carbocycles. The first kappa shape index (κ1) is 13.9. The minimum Gasteiger partial charge on any atom is -0.313 e. The van der Waals surface area contributed by atoms with Crippen LogP contribution in [0.25, 0.3) is 0 Å². The van der Waals surface area contributed by atoms with Crippen LogP contribution in [0.3, 0.4) is 0 Å². The second kappa shape index (κ2) is 6.51. The quantitative estimate of drug-likeness (QED) is 0.774. The van der Waals surface area contributed by atoms with Gasteiger partial charge < -0.3 is 5.32 Å². The van der Waals surface area contributed by atoms with E-state index >= 15 is 0 Å². The molecule has 1 fully saturated rings. The lowest BCUT2D eigenvalue weighted by Gasteiger charge is -2.26. The van der Waals surface area contributed by atoms with Crippen LogP contribution in [0.1, 0.15) is 46.0 Å². The highest BCUT2D eigenvalue weighted by molar-refractivity contribution is 7.99. The zero-order chi connectivity index (χ0) is 12.0. The van der Waals surface area contributed by atoms with Gasteiger partial charge in [0, 0.05) is 24.3 Å². The van der Waals surface area contributed by atoms with Crippen molar-refractivity contribution in [1.82, 2.24) is 5.32 Å². The van der Waals surface area contributed by atoms with Gasteiger partial charge in [0.2, 0.25) is 0 Å². The zero-order valence-corrected chi connectivity index (χ0v) is 11.6. The summed E-state index contributed by atoms with van der Waals surface area (Å²) in [5, 5.41) is 13.1. The summed E-state index contributed by atoms with van der Waals surface area (Å²) in [6, 6.07) is 2.94. The van der Waals surface area contributed by atoms with Crippen molar-refractivity contribution in [2.24, 2.45) is 5.41 Å². The van der Waals surface area contributed by atoms with E-state index in [4.69, 9.17) is 5.26 Å².